The molecule has 0 aliphatic heterocycles. The third kappa shape index (κ3) is 3.93. The van der Waals surface area contributed by atoms with E-state index in [0.717, 1.165) is 16.6 Å². The second-order valence-corrected chi connectivity index (χ2v) is 5.59. The molecule has 0 spiro atoms. The number of rotatable bonds is 7. The Labute approximate surface area is 140 Å². The highest BCUT2D eigenvalue weighted by molar-refractivity contribution is 5.93. The zero-order valence-electron chi connectivity index (χ0n) is 14.1. The topological polar surface area (TPSA) is 34.5 Å². The van der Waals surface area contributed by atoms with Gasteiger partial charge in [0.05, 0.1) is 7.11 Å². The van der Waals surface area contributed by atoms with Gasteiger partial charge < -0.3 is 9.64 Å². The molecule has 0 radical (unpaired) electrons. The van der Waals surface area contributed by atoms with E-state index in [2.05, 4.69) is 0 Å². The van der Waals surface area contributed by atoms with Gasteiger partial charge in [-0.05, 0) is 43.2 Å². The zero-order valence-corrected chi connectivity index (χ0v) is 14.1. The summed E-state index contributed by atoms with van der Waals surface area (Å²) in [6.45, 7) is 1.61. The number of carbonyl (C=O) groups excluding carboxylic acids is 1. The minimum absolute atomic E-state index is 0.0128. The molecule has 4 nitrogen and oxygen atoms in total. The summed E-state index contributed by atoms with van der Waals surface area (Å²) < 4.78 is 32.4. The summed E-state index contributed by atoms with van der Waals surface area (Å²) in [5, 5.41) is 0. The Morgan fingerprint density at radius 2 is 2.04 bits per heavy atom. The Morgan fingerprint density at radius 3 is 2.67 bits per heavy atom. The number of hydrogen-bond donors (Lipinski definition) is 0. The lowest BCUT2D eigenvalue weighted by Crippen LogP contribution is -2.33. The highest BCUT2D eigenvalue weighted by atomic mass is 19.3. The van der Waals surface area contributed by atoms with Crippen molar-refractivity contribution in [2.24, 2.45) is 0 Å². The number of benzene rings is 1. The van der Waals surface area contributed by atoms with Gasteiger partial charge in [-0.2, -0.15) is 8.78 Å². The maximum atomic E-state index is 13.2. The van der Waals surface area contributed by atoms with E-state index in [1.807, 2.05) is 31.2 Å². The van der Waals surface area contributed by atoms with Gasteiger partial charge in [0.25, 0.3) is 5.91 Å². The lowest BCUT2D eigenvalue weighted by Gasteiger charge is -2.23. The monoisotopic (exact) mass is 336 g/mol. The van der Waals surface area contributed by atoms with Crippen molar-refractivity contribution >= 4 is 5.91 Å². The molecule has 1 aromatic heterocycles. The minimum atomic E-state index is -2.74. The van der Waals surface area contributed by atoms with Crippen LogP contribution in [0.1, 0.15) is 41.6 Å². The third-order valence-electron chi connectivity index (χ3n) is 3.82. The summed E-state index contributed by atoms with van der Waals surface area (Å²) in [6, 6.07) is 10.4. The lowest BCUT2D eigenvalue weighted by molar-refractivity contribution is 0.0546. The standard InChI is InChI=1S/C18H22F2N2O2/c1-4-10-21(12-14-6-5-7-15(11-14)24-3)17(23)16-9-8-13(2)22(16)18(19)20/h5-9,11,18H,4,10,12H2,1-3H3. The van der Waals surface area contributed by atoms with E-state index in [-0.39, 0.29) is 5.69 Å². The van der Waals surface area contributed by atoms with Crippen molar-refractivity contribution in [3.63, 3.8) is 0 Å². The molecule has 0 aliphatic rings. The molecule has 0 N–H and O–H groups in total. The van der Waals surface area contributed by atoms with Crippen LogP contribution in [0.25, 0.3) is 0 Å². The van der Waals surface area contributed by atoms with E-state index in [1.165, 1.54) is 12.1 Å². The molecule has 1 amide bonds. The van der Waals surface area contributed by atoms with Crippen LogP contribution in [-0.2, 0) is 6.54 Å². The highest BCUT2D eigenvalue weighted by Gasteiger charge is 2.23. The van der Waals surface area contributed by atoms with Crippen LogP contribution in [0.4, 0.5) is 8.78 Å². The fourth-order valence-corrected chi connectivity index (χ4v) is 2.66. The van der Waals surface area contributed by atoms with Crippen LogP contribution < -0.4 is 4.74 Å². The maximum absolute atomic E-state index is 13.2. The van der Waals surface area contributed by atoms with Crippen LogP contribution in [0, 0.1) is 6.92 Å². The summed E-state index contributed by atoms with van der Waals surface area (Å²) in [4.78, 5) is 14.4. The molecule has 0 atom stereocenters. The molecule has 0 aliphatic carbocycles. The van der Waals surface area contributed by atoms with Gasteiger partial charge in [0.15, 0.2) is 0 Å². The Kier molecular flexibility index (Phi) is 5.95. The summed E-state index contributed by atoms with van der Waals surface area (Å²) in [7, 11) is 1.58. The van der Waals surface area contributed by atoms with E-state index in [4.69, 9.17) is 4.74 Å². The first-order valence-electron chi connectivity index (χ1n) is 7.86. The van der Waals surface area contributed by atoms with Crippen LogP contribution in [0.3, 0.4) is 0 Å². The van der Waals surface area contributed by atoms with Crippen LogP contribution in [0.5, 0.6) is 5.75 Å². The van der Waals surface area contributed by atoms with Crippen molar-refractivity contribution in [2.45, 2.75) is 33.4 Å². The number of hydrogen-bond acceptors (Lipinski definition) is 2. The Balaban J connectivity index is 2.28. The van der Waals surface area contributed by atoms with E-state index in [1.54, 1.807) is 18.9 Å². The third-order valence-corrected chi connectivity index (χ3v) is 3.82. The zero-order chi connectivity index (χ0) is 17.7. The first-order valence-corrected chi connectivity index (χ1v) is 7.86. The molecule has 0 bridgehead atoms. The molecule has 0 fully saturated rings. The molecule has 0 unspecified atom stereocenters. The Morgan fingerprint density at radius 1 is 1.29 bits per heavy atom. The van der Waals surface area contributed by atoms with Gasteiger partial charge in [-0.15, -0.1) is 0 Å². The van der Waals surface area contributed by atoms with Gasteiger partial charge in [0, 0.05) is 18.8 Å². The number of carbonyl (C=O) groups is 1. The van der Waals surface area contributed by atoms with Gasteiger partial charge in [-0.1, -0.05) is 19.1 Å². The maximum Gasteiger partial charge on any atom is 0.319 e. The molecule has 2 rings (SSSR count). The largest absolute Gasteiger partial charge is 0.497 e. The van der Waals surface area contributed by atoms with Gasteiger partial charge in [-0.25, -0.2) is 0 Å². The normalized spacial score (nSPS) is 10.9. The molecule has 130 valence electrons. The molecule has 0 saturated heterocycles. The summed E-state index contributed by atoms with van der Waals surface area (Å²) in [5.41, 5.74) is 1.27. The fourth-order valence-electron chi connectivity index (χ4n) is 2.66. The number of aryl methyl sites for hydroxylation is 1. The molecular formula is C18H22F2N2O2. The molecular weight excluding hydrogens is 314 g/mol. The molecule has 24 heavy (non-hydrogen) atoms. The SMILES string of the molecule is CCCN(Cc1cccc(OC)c1)C(=O)c1ccc(C)n1C(F)F. The number of methoxy groups -OCH3 is 1. The van der Waals surface area contributed by atoms with Crippen molar-refractivity contribution < 1.29 is 18.3 Å². The van der Waals surface area contributed by atoms with E-state index in [9.17, 15) is 13.6 Å². The average Bonchev–Trinajstić information content (AvgIpc) is 2.95. The number of nitrogens with zero attached hydrogens (tertiary/aromatic N) is 2. The van der Waals surface area contributed by atoms with Crippen molar-refractivity contribution in [3.8, 4) is 5.75 Å². The Hall–Kier alpha value is -2.37. The number of ether oxygens (including phenoxy) is 1. The van der Waals surface area contributed by atoms with E-state index < -0.39 is 12.5 Å². The predicted molar refractivity (Wildman–Crippen MR) is 88.4 cm³/mol. The Bertz CT molecular complexity index is 698. The number of halogens is 2. The number of amides is 1. The molecule has 0 saturated carbocycles. The number of aromatic nitrogens is 1. The first kappa shape index (κ1) is 18.0. The lowest BCUT2D eigenvalue weighted by atomic mass is 10.2. The second kappa shape index (κ2) is 7.95. The van der Waals surface area contributed by atoms with Crippen LogP contribution >= 0.6 is 0 Å². The first-order chi connectivity index (χ1) is 11.5. The predicted octanol–water partition coefficient (Wildman–Crippen LogP) is 4.25. The minimum Gasteiger partial charge on any atom is -0.497 e. The van der Waals surface area contributed by atoms with Crippen molar-refractivity contribution in [2.75, 3.05) is 13.7 Å². The van der Waals surface area contributed by atoms with Crippen molar-refractivity contribution in [1.82, 2.24) is 9.47 Å². The molecule has 6 heteroatoms. The number of alkyl halides is 2. The highest BCUT2D eigenvalue weighted by Crippen LogP contribution is 2.21. The van der Waals surface area contributed by atoms with Crippen molar-refractivity contribution in [3.05, 3.63) is 53.3 Å². The van der Waals surface area contributed by atoms with E-state index in [0.29, 0.717) is 24.5 Å². The van der Waals surface area contributed by atoms with Gasteiger partial charge in [0.2, 0.25) is 0 Å². The van der Waals surface area contributed by atoms with Crippen molar-refractivity contribution in [1.29, 1.82) is 0 Å². The average molecular weight is 336 g/mol. The van der Waals surface area contributed by atoms with Crippen LogP contribution in [0.2, 0.25) is 0 Å². The van der Waals surface area contributed by atoms with E-state index >= 15 is 0 Å². The van der Waals surface area contributed by atoms with Crippen LogP contribution in [0.15, 0.2) is 36.4 Å². The smallest absolute Gasteiger partial charge is 0.319 e. The fraction of sp³-hybridized carbons (Fsp3) is 0.389. The van der Waals surface area contributed by atoms with Gasteiger partial charge in [-0.3, -0.25) is 9.36 Å². The van der Waals surface area contributed by atoms with Gasteiger partial charge >= 0.3 is 6.55 Å². The summed E-state index contributed by atoms with van der Waals surface area (Å²) >= 11 is 0. The molecule has 1 aromatic carbocycles. The second-order valence-electron chi connectivity index (χ2n) is 5.59. The summed E-state index contributed by atoms with van der Waals surface area (Å²) in [5.74, 6) is 0.302. The summed E-state index contributed by atoms with van der Waals surface area (Å²) in [6.07, 6.45) is 0.740. The molecule has 2 aromatic rings. The van der Waals surface area contributed by atoms with Crippen LogP contribution in [-0.4, -0.2) is 29.0 Å². The van der Waals surface area contributed by atoms with Gasteiger partial charge in [0.1, 0.15) is 11.4 Å². The quantitative estimate of drug-likeness (QED) is 0.757. The molecule has 1 heterocycles.